The molecule has 0 spiro atoms. The number of rotatable bonds is 3. The minimum absolute atomic E-state index is 0.291. The fourth-order valence-corrected chi connectivity index (χ4v) is 1.94. The number of hydrogen-bond acceptors (Lipinski definition) is 6. The molecule has 0 unspecified atom stereocenters. The van der Waals surface area contributed by atoms with Gasteiger partial charge in [0.05, 0.1) is 5.56 Å². The van der Waals surface area contributed by atoms with Crippen molar-refractivity contribution in [1.29, 1.82) is 0 Å². The van der Waals surface area contributed by atoms with E-state index in [1.807, 2.05) is 6.92 Å². The van der Waals surface area contributed by atoms with E-state index in [2.05, 4.69) is 20.7 Å². The van der Waals surface area contributed by atoms with Gasteiger partial charge in [-0.25, -0.2) is 15.8 Å². The standard InChI is InChI=1S/C10H11N5OS/c1-6-5-13-10(17-6)14-9(16)7-3-2-4-12-8(7)15-11/h2-5H,11H2,1H3,(H,12,15)(H,13,14,16). The quantitative estimate of drug-likeness (QED) is 0.564. The summed E-state index contributed by atoms with van der Waals surface area (Å²) < 4.78 is 0. The summed E-state index contributed by atoms with van der Waals surface area (Å²) in [5.74, 6) is 5.32. The van der Waals surface area contributed by atoms with Crippen molar-refractivity contribution in [3.63, 3.8) is 0 Å². The number of anilines is 2. The number of carbonyl (C=O) groups is 1. The maximum atomic E-state index is 11.9. The number of nitrogens with zero attached hydrogens (tertiary/aromatic N) is 2. The van der Waals surface area contributed by atoms with Crippen LogP contribution in [0, 0.1) is 6.92 Å². The van der Waals surface area contributed by atoms with Crippen LogP contribution in [0.2, 0.25) is 0 Å². The van der Waals surface area contributed by atoms with Crippen LogP contribution in [0.1, 0.15) is 15.2 Å². The van der Waals surface area contributed by atoms with Gasteiger partial charge in [0, 0.05) is 17.3 Å². The summed E-state index contributed by atoms with van der Waals surface area (Å²) >= 11 is 1.41. The smallest absolute Gasteiger partial charge is 0.261 e. The molecule has 0 aliphatic rings. The van der Waals surface area contributed by atoms with Gasteiger partial charge in [-0.3, -0.25) is 10.1 Å². The fraction of sp³-hybridized carbons (Fsp3) is 0.100. The molecule has 0 aliphatic heterocycles. The zero-order chi connectivity index (χ0) is 12.3. The third-order valence-electron chi connectivity index (χ3n) is 2.03. The molecule has 2 aromatic rings. The number of hydrazine groups is 1. The molecule has 7 heteroatoms. The second-order valence-corrected chi connectivity index (χ2v) is 4.51. The molecule has 17 heavy (non-hydrogen) atoms. The zero-order valence-corrected chi connectivity index (χ0v) is 9.91. The van der Waals surface area contributed by atoms with E-state index in [0.717, 1.165) is 4.88 Å². The minimum atomic E-state index is -0.291. The molecular weight excluding hydrogens is 238 g/mol. The molecule has 1 amide bonds. The van der Waals surface area contributed by atoms with Gasteiger partial charge < -0.3 is 5.43 Å². The van der Waals surface area contributed by atoms with Crippen LogP contribution in [0.15, 0.2) is 24.5 Å². The summed E-state index contributed by atoms with van der Waals surface area (Å²) in [4.78, 5) is 21.0. The zero-order valence-electron chi connectivity index (χ0n) is 9.10. The first kappa shape index (κ1) is 11.5. The van der Waals surface area contributed by atoms with Gasteiger partial charge in [0.1, 0.15) is 0 Å². The first-order valence-electron chi connectivity index (χ1n) is 4.86. The van der Waals surface area contributed by atoms with E-state index in [9.17, 15) is 4.79 Å². The Hall–Kier alpha value is -1.99. The van der Waals surface area contributed by atoms with Crippen molar-refractivity contribution in [2.45, 2.75) is 6.92 Å². The number of nitrogens with two attached hydrogens (primary N) is 1. The van der Waals surface area contributed by atoms with E-state index in [0.29, 0.717) is 16.5 Å². The third kappa shape index (κ3) is 2.58. The number of pyridine rings is 1. The van der Waals surface area contributed by atoms with Crippen molar-refractivity contribution in [3.05, 3.63) is 35.0 Å². The average molecular weight is 249 g/mol. The highest BCUT2D eigenvalue weighted by molar-refractivity contribution is 7.15. The minimum Gasteiger partial charge on any atom is -0.308 e. The molecular formula is C10H11N5OS. The highest BCUT2D eigenvalue weighted by Gasteiger charge is 2.12. The monoisotopic (exact) mass is 249 g/mol. The fourth-order valence-electron chi connectivity index (χ4n) is 1.28. The molecule has 2 rings (SSSR count). The summed E-state index contributed by atoms with van der Waals surface area (Å²) in [5, 5.41) is 3.24. The van der Waals surface area contributed by atoms with Crippen LogP contribution in [0.4, 0.5) is 10.9 Å². The lowest BCUT2D eigenvalue weighted by Gasteiger charge is -2.06. The van der Waals surface area contributed by atoms with Crippen LogP contribution < -0.4 is 16.6 Å². The Kier molecular flexibility index (Phi) is 3.31. The molecule has 0 saturated carbocycles. The van der Waals surface area contributed by atoms with Crippen molar-refractivity contribution >= 4 is 28.2 Å². The molecule has 0 radical (unpaired) electrons. The molecule has 6 nitrogen and oxygen atoms in total. The lowest BCUT2D eigenvalue weighted by atomic mass is 10.2. The van der Waals surface area contributed by atoms with Crippen molar-refractivity contribution in [2.24, 2.45) is 5.84 Å². The Morgan fingerprint density at radius 2 is 2.29 bits per heavy atom. The van der Waals surface area contributed by atoms with Crippen LogP contribution in [-0.2, 0) is 0 Å². The molecule has 0 aliphatic carbocycles. The van der Waals surface area contributed by atoms with E-state index >= 15 is 0 Å². The van der Waals surface area contributed by atoms with Crippen molar-refractivity contribution in [3.8, 4) is 0 Å². The molecule has 2 aromatic heterocycles. The normalized spacial score (nSPS) is 10.0. The van der Waals surface area contributed by atoms with Gasteiger partial charge >= 0.3 is 0 Å². The Labute approximate surface area is 102 Å². The number of nitrogen functional groups attached to an aromatic ring is 1. The Bertz CT molecular complexity index is 539. The average Bonchev–Trinajstić information content (AvgIpc) is 2.74. The van der Waals surface area contributed by atoms with Crippen molar-refractivity contribution in [2.75, 3.05) is 10.7 Å². The van der Waals surface area contributed by atoms with Gasteiger partial charge in [0.25, 0.3) is 5.91 Å². The number of aryl methyl sites for hydroxylation is 1. The third-order valence-corrected chi connectivity index (χ3v) is 2.86. The molecule has 0 aromatic carbocycles. The number of amides is 1. The van der Waals surface area contributed by atoms with Gasteiger partial charge in [0.2, 0.25) is 0 Å². The van der Waals surface area contributed by atoms with E-state index in [1.165, 1.54) is 11.3 Å². The maximum Gasteiger partial charge on any atom is 0.261 e. The highest BCUT2D eigenvalue weighted by atomic mass is 32.1. The number of carbonyl (C=O) groups excluding carboxylic acids is 1. The molecule has 0 bridgehead atoms. The number of thiazole rings is 1. The van der Waals surface area contributed by atoms with Gasteiger partial charge in [-0.05, 0) is 19.1 Å². The summed E-state index contributed by atoms with van der Waals surface area (Å²) in [6.45, 7) is 1.92. The van der Waals surface area contributed by atoms with Crippen molar-refractivity contribution < 1.29 is 4.79 Å². The lowest BCUT2D eigenvalue weighted by molar-refractivity contribution is 0.102. The number of hydrogen-bond donors (Lipinski definition) is 3. The van der Waals surface area contributed by atoms with E-state index in [4.69, 9.17) is 5.84 Å². The van der Waals surface area contributed by atoms with Gasteiger partial charge in [-0.1, -0.05) is 0 Å². The predicted octanol–water partition coefficient (Wildman–Crippen LogP) is 1.38. The number of aromatic nitrogens is 2. The van der Waals surface area contributed by atoms with E-state index in [1.54, 1.807) is 24.5 Å². The molecule has 0 fully saturated rings. The maximum absolute atomic E-state index is 11.9. The van der Waals surface area contributed by atoms with Crippen molar-refractivity contribution in [1.82, 2.24) is 9.97 Å². The van der Waals surface area contributed by atoms with Gasteiger partial charge in [-0.15, -0.1) is 11.3 Å². The van der Waals surface area contributed by atoms with Crippen LogP contribution >= 0.6 is 11.3 Å². The summed E-state index contributed by atoms with van der Waals surface area (Å²) in [7, 11) is 0. The van der Waals surface area contributed by atoms with Crippen LogP contribution in [0.3, 0.4) is 0 Å². The highest BCUT2D eigenvalue weighted by Crippen LogP contribution is 2.18. The largest absolute Gasteiger partial charge is 0.308 e. The first-order chi connectivity index (χ1) is 8.20. The Balaban J connectivity index is 2.20. The topological polar surface area (TPSA) is 92.9 Å². The van der Waals surface area contributed by atoms with Gasteiger partial charge in [0.15, 0.2) is 10.9 Å². The predicted molar refractivity (Wildman–Crippen MR) is 66.9 cm³/mol. The molecule has 4 N–H and O–H groups in total. The summed E-state index contributed by atoms with van der Waals surface area (Å²) in [5.41, 5.74) is 2.76. The first-order valence-corrected chi connectivity index (χ1v) is 5.68. The lowest BCUT2D eigenvalue weighted by Crippen LogP contribution is -2.18. The number of nitrogens with one attached hydrogen (secondary N) is 2. The van der Waals surface area contributed by atoms with E-state index in [-0.39, 0.29) is 5.91 Å². The Morgan fingerprint density at radius 3 is 2.94 bits per heavy atom. The molecule has 0 atom stereocenters. The second-order valence-electron chi connectivity index (χ2n) is 3.27. The molecule has 0 saturated heterocycles. The summed E-state index contributed by atoms with van der Waals surface area (Å²) in [6.07, 6.45) is 3.26. The van der Waals surface area contributed by atoms with Crippen LogP contribution in [0.25, 0.3) is 0 Å². The van der Waals surface area contributed by atoms with Crippen LogP contribution in [0.5, 0.6) is 0 Å². The molecule has 88 valence electrons. The summed E-state index contributed by atoms with van der Waals surface area (Å²) in [6, 6.07) is 3.31. The van der Waals surface area contributed by atoms with E-state index < -0.39 is 0 Å². The van der Waals surface area contributed by atoms with Crippen LogP contribution in [-0.4, -0.2) is 15.9 Å². The second kappa shape index (κ2) is 4.89. The molecule has 2 heterocycles. The SMILES string of the molecule is Cc1cnc(NC(=O)c2cccnc2NN)s1. The Morgan fingerprint density at radius 1 is 1.47 bits per heavy atom. The van der Waals surface area contributed by atoms with Gasteiger partial charge in [-0.2, -0.15) is 0 Å².